The first-order valence-corrected chi connectivity index (χ1v) is 13.0. The molecule has 0 N–H and O–H groups in total. The van der Waals surface area contributed by atoms with Crippen LogP contribution in [0.3, 0.4) is 0 Å². The van der Waals surface area contributed by atoms with Crippen molar-refractivity contribution >= 4 is 36.0 Å². The van der Waals surface area contributed by atoms with E-state index in [2.05, 4.69) is 9.97 Å². The molecule has 42 heavy (non-hydrogen) atoms. The molecule has 3 rings (SSSR count). The molecule has 0 aliphatic carbocycles. The van der Waals surface area contributed by atoms with E-state index in [4.69, 9.17) is 18.9 Å². The second kappa shape index (κ2) is 14.5. The fourth-order valence-corrected chi connectivity index (χ4v) is 3.64. The summed E-state index contributed by atoms with van der Waals surface area (Å²) in [7, 11) is 0. The molecule has 218 valence electrons. The van der Waals surface area contributed by atoms with Gasteiger partial charge in [-0.3, -0.25) is 19.6 Å². The summed E-state index contributed by atoms with van der Waals surface area (Å²) in [6, 6.07) is 10.4. The Morgan fingerprint density at radius 3 is 1.62 bits per heavy atom. The second-order valence-corrected chi connectivity index (χ2v) is 9.41. The van der Waals surface area contributed by atoms with Gasteiger partial charge in [0.25, 0.3) is 0 Å². The number of aryl methyl sites for hydroxylation is 4. The van der Waals surface area contributed by atoms with Gasteiger partial charge in [-0.25, -0.2) is 9.59 Å². The summed E-state index contributed by atoms with van der Waals surface area (Å²) in [6.45, 7) is 9.75. The van der Waals surface area contributed by atoms with E-state index in [1.165, 1.54) is 49.8 Å². The lowest BCUT2D eigenvalue weighted by molar-refractivity contribution is -0.140. The fraction of sp³-hybridized carbons (Fsp3) is 0.250. The van der Waals surface area contributed by atoms with Crippen molar-refractivity contribution in [1.82, 2.24) is 9.97 Å². The molecule has 0 radical (unpaired) electrons. The van der Waals surface area contributed by atoms with E-state index in [0.29, 0.717) is 28.3 Å². The molecule has 0 atom stereocenters. The lowest BCUT2D eigenvalue weighted by atomic mass is 10.1. The van der Waals surface area contributed by atoms with E-state index >= 15 is 0 Å². The van der Waals surface area contributed by atoms with Gasteiger partial charge in [-0.05, 0) is 74.2 Å². The Labute approximate surface area is 244 Å². The molecule has 0 aliphatic heterocycles. The maximum Gasteiger partial charge on any atom is 0.331 e. The Kier molecular flexibility index (Phi) is 10.8. The second-order valence-electron chi connectivity index (χ2n) is 9.41. The topological polar surface area (TPSA) is 131 Å². The third kappa shape index (κ3) is 9.51. The minimum absolute atomic E-state index is 0.0396. The molecule has 1 aromatic heterocycles. The van der Waals surface area contributed by atoms with Gasteiger partial charge in [-0.15, -0.1) is 0 Å². The summed E-state index contributed by atoms with van der Waals surface area (Å²) in [5.41, 5.74) is 5.75. The minimum atomic E-state index is -0.638. The number of ether oxygens (including phenoxy) is 4. The number of nitrogens with zero attached hydrogens (tertiary/aromatic N) is 2. The highest BCUT2D eigenvalue weighted by molar-refractivity contribution is 5.88. The predicted molar refractivity (Wildman–Crippen MR) is 154 cm³/mol. The van der Waals surface area contributed by atoms with Crippen LogP contribution in [0.25, 0.3) is 12.2 Å². The minimum Gasteiger partial charge on any atom is -0.456 e. The summed E-state index contributed by atoms with van der Waals surface area (Å²) in [5, 5.41) is 0. The van der Waals surface area contributed by atoms with E-state index in [9.17, 15) is 19.2 Å². The Balaban J connectivity index is 1.57. The normalized spacial score (nSPS) is 11.0. The van der Waals surface area contributed by atoms with Gasteiger partial charge in [-0.1, -0.05) is 24.3 Å². The molecule has 0 aliphatic rings. The lowest BCUT2D eigenvalue weighted by Gasteiger charge is -2.10. The molecule has 0 unspecified atom stereocenters. The van der Waals surface area contributed by atoms with Gasteiger partial charge in [0, 0.05) is 26.0 Å². The largest absolute Gasteiger partial charge is 0.456 e. The smallest absolute Gasteiger partial charge is 0.331 e. The van der Waals surface area contributed by atoms with Crippen molar-refractivity contribution in [3.63, 3.8) is 0 Å². The summed E-state index contributed by atoms with van der Waals surface area (Å²) in [6.07, 6.45) is 5.73. The molecular weight excluding hydrogens is 540 g/mol. The summed E-state index contributed by atoms with van der Waals surface area (Å²) >= 11 is 0. The standard InChI is InChI=1S/C32H32N2O8/c1-19-7-8-25(15-20(19)2)10-13-31(37)39-17-27-21(3)34-28(22(4)33-27)18-40-32(38)14-11-26-9-12-29(41-23(5)35)30(16-26)42-24(6)36/h7-16H,17-18H2,1-6H3/b13-10+,14-11+. The van der Waals surface area contributed by atoms with E-state index in [1.807, 2.05) is 32.0 Å². The third-order valence-electron chi connectivity index (χ3n) is 5.97. The highest BCUT2D eigenvalue weighted by atomic mass is 16.6. The first kappa shape index (κ1) is 31.4. The average molecular weight is 573 g/mol. The molecule has 0 saturated heterocycles. The quantitative estimate of drug-likeness (QED) is 0.184. The zero-order chi connectivity index (χ0) is 30.8. The van der Waals surface area contributed by atoms with Gasteiger partial charge in [0.15, 0.2) is 11.5 Å². The van der Waals surface area contributed by atoms with E-state index < -0.39 is 23.9 Å². The molecule has 0 bridgehead atoms. The maximum atomic E-state index is 12.3. The molecule has 0 saturated carbocycles. The molecule has 10 heteroatoms. The van der Waals surface area contributed by atoms with Crippen molar-refractivity contribution < 1.29 is 38.1 Å². The van der Waals surface area contributed by atoms with Gasteiger partial charge < -0.3 is 18.9 Å². The first-order chi connectivity index (χ1) is 19.9. The zero-order valence-corrected chi connectivity index (χ0v) is 24.3. The summed E-state index contributed by atoms with van der Waals surface area (Å²) in [4.78, 5) is 56.1. The van der Waals surface area contributed by atoms with Gasteiger partial charge in [0.2, 0.25) is 0 Å². The number of hydrogen-bond acceptors (Lipinski definition) is 10. The van der Waals surface area contributed by atoms with Crippen molar-refractivity contribution in [1.29, 1.82) is 0 Å². The zero-order valence-electron chi connectivity index (χ0n) is 24.3. The van der Waals surface area contributed by atoms with Crippen LogP contribution in [0, 0.1) is 27.7 Å². The molecular formula is C32H32N2O8. The first-order valence-electron chi connectivity index (χ1n) is 13.0. The number of hydrogen-bond donors (Lipinski definition) is 0. The molecule has 2 aromatic carbocycles. The van der Waals surface area contributed by atoms with Crippen LogP contribution < -0.4 is 9.47 Å². The van der Waals surface area contributed by atoms with Crippen LogP contribution >= 0.6 is 0 Å². The van der Waals surface area contributed by atoms with Gasteiger partial charge in [0.05, 0.1) is 22.8 Å². The molecule has 0 amide bonds. The van der Waals surface area contributed by atoms with Crippen LogP contribution in [-0.4, -0.2) is 33.8 Å². The van der Waals surface area contributed by atoms with Gasteiger partial charge >= 0.3 is 23.9 Å². The van der Waals surface area contributed by atoms with Crippen molar-refractivity contribution in [3.8, 4) is 11.5 Å². The van der Waals surface area contributed by atoms with Crippen LogP contribution in [0.1, 0.15) is 58.9 Å². The van der Waals surface area contributed by atoms with Crippen LogP contribution in [0.2, 0.25) is 0 Å². The Morgan fingerprint density at radius 2 is 1.12 bits per heavy atom. The number of carbonyl (C=O) groups excluding carboxylic acids is 4. The van der Waals surface area contributed by atoms with E-state index in [0.717, 1.165) is 11.1 Å². The van der Waals surface area contributed by atoms with Crippen molar-refractivity contribution in [2.45, 2.75) is 54.8 Å². The lowest BCUT2D eigenvalue weighted by Crippen LogP contribution is -2.11. The average Bonchev–Trinajstić information content (AvgIpc) is 2.92. The number of benzene rings is 2. The van der Waals surface area contributed by atoms with E-state index in [1.54, 1.807) is 26.0 Å². The third-order valence-corrected chi connectivity index (χ3v) is 5.97. The number of rotatable bonds is 10. The predicted octanol–water partition coefficient (Wildman–Crippen LogP) is 5.07. The van der Waals surface area contributed by atoms with Crippen molar-refractivity contribution in [3.05, 3.63) is 93.6 Å². The van der Waals surface area contributed by atoms with Crippen molar-refractivity contribution in [2.24, 2.45) is 0 Å². The SMILES string of the molecule is CC(=O)Oc1ccc(/C=C/C(=O)OCc2nc(C)c(COC(=O)/C=C/c3ccc(C)c(C)c3)nc2C)cc1OC(C)=O. The highest BCUT2D eigenvalue weighted by Crippen LogP contribution is 2.29. The maximum absolute atomic E-state index is 12.3. The van der Waals surface area contributed by atoms with Crippen molar-refractivity contribution in [2.75, 3.05) is 0 Å². The highest BCUT2D eigenvalue weighted by Gasteiger charge is 2.13. The molecule has 0 spiro atoms. The number of aromatic nitrogens is 2. The number of carbonyl (C=O) groups is 4. The molecule has 0 fully saturated rings. The monoisotopic (exact) mass is 572 g/mol. The summed E-state index contributed by atoms with van der Waals surface area (Å²) < 4.78 is 20.8. The Hall–Kier alpha value is -5.12. The van der Waals surface area contributed by atoms with Gasteiger partial charge in [0.1, 0.15) is 13.2 Å². The Morgan fingerprint density at radius 1 is 0.643 bits per heavy atom. The van der Waals surface area contributed by atoms with Crippen LogP contribution in [-0.2, 0) is 41.9 Å². The molecule has 3 aromatic rings. The van der Waals surface area contributed by atoms with Crippen LogP contribution in [0.5, 0.6) is 11.5 Å². The van der Waals surface area contributed by atoms with Crippen LogP contribution in [0.15, 0.2) is 48.6 Å². The summed E-state index contributed by atoms with van der Waals surface area (Å²) in [5.74, 6) is -2.19. The number of esters is 4. The van der Waals surface area contributed by atoms with Crippen LogP contribution in [0.4, 0.5) is 0 Å². The Bertz CT molecular complexity index is 1570. The molecule has 10 nitrogen and oxygen atoms in total. The fourth-order valence-electron chi connectivity index (χ4n) is 3.64. The van der Waals surface area contributed by atoms with Gasteiger partial charge in [-0.2, -0.15) is 0 Å². The molecule has 1 heterocycles. The van der Waals surface area contributed by atoms with E-state index in [-0.39, 0.29) is 24.7 Å².